The Labute approximate surface area is 257 Å². The summed E-state index contributed by atoms with van der Waals surface area (Å²) in [4.78, 5) is 0.274. The van der Waals surface area contributed by atoms with Gasteiger partial charge in [-0.15, -0.1) is 0 Å². The Hall–Kier alpha value is -2.37. The van der Waals surface area contributed by atoms with Crippen molar-refractivity contribution in [3.63, 3.8) is 0 Å². The van der Waals surface area contributed by atoms with E-state index >= 15 is 0 Å². The molecule has 0 aliphatic carbocycles. The fourth-order valence-corrected chi connectivity index (χ4v) is 4.37. The molecule has 0 spiro atoms. The number of sulfonamides is 1. The first-order valence-electron chi connectivity index (χ1n) is 15.0. The molecular weight excluding hydrogens is 553 g/mol. The Morgan fingerprint density at radius 3 is 1.71 bits per heavy atom. The molecule has 0 bridgehead atoms. The number of unbranched alkanes of at least 4 members (excludes halogenated alkanes) is 4. The summed E-state index contributed by atoms with van der Waals surface area (Å²) in [5.74, 6) is -0.000216. The van der Waals surface area contributed by atoms with Crippen molar-refractivity contribution in [3.8, 4) is 0 Å². The van der Waals surface area contributed by atoms with Crippen LogP contribution in [0.5, 0.6) is 0 Å². The van der Waals surface area contributed by atoms with E-state index in [1.807, 2.05) is 53.7 Å². The first kappa shape index (κ1) is 40.8. The molecule has 0 heterocycles. The van der Waals surface area contributed by atoms with Crippen LogP contribution in [0.1, 0.15) is 117 Å². The van der Waals surface area contributed by atoms with Crippen LogP contribution < -0.4 is 4.72 Å². The number of nitrogens with one attached hydrogen (secondary N) is 1. The smallest absolute Gasteiger partial charge is 0.261 e. The van der Waals surface area contributed by atoms with Crippen LogP contribution in [0.15, 0.2) is 71.6 Å². The minimum Gasteiger partial charge on any atom is -0.279 e. The lowest BCUT2D eigenvalue weighted by Gasteiger charge is -2.10. The lowest BCUT2D eigenvalue weighted by Crippen LogP contribution is -2.13. The van der Waals surface area contributed by atoms with Gasteiger partial charge in [-0.1, -0.05) is 147 Å². The number of hydrogen-bond donors (Lipinski definition) is 1. The molecule has 0 fully saturated rings. The fraction of sp³-hybridized carbons (Fsp3) is 0.486. The predicted molar refractivity (Wildman–Crippen MR) is 180 cm³/mol. The molecule has 0 saturated carbocycles. The van der Waals surface area contributed by atoms with Crippen molar-refractivity contribution in [3.05, 3.63) is 94.3 Å². The van der Waals surface area contributed by atoms with Gasteiger partial charge in [0.1, 0.15) is 5.82 Å². The van der Waals surface area contributed by atoms with Crippen molar-refractivity contribution in [2.75, 3.05) is 4.72 Å². The molecular formula is C35H55ClFNO2S. The van der Waals surface area contributed by atoms with E-state index in [-0.39, 0.29) is 16.6 Å². The van der Waals surface area contributed by atoms with Crippen molar-refractivity contribution >= 4 is 27.3 Å². The normalized spacial score (nSPS) is 9.98. The summed E-state index contributed by atoms with van der Waals surface area (Å²) in [6.07, 6.45) is 8.18. The zero-order chi connectivity index (χ0) is 31.8. The number of benzene rings is 3. The van der Waals surface area contributed by atoms with E-state index in [0.29, 0.717) is 10.7 Å². The van der Waals surface area contributed by atoms with Gasteiger partial charge < -0.3 is 0 Å². The van der Waals surface area contributed by atoms with E-state index in [2.05, 4.69) is 32.4 Å². The molecule has 0 aromatic heterocycles. The Morgan fingerprint density at radius 1 is 0.780 bits per heavy atom. The molecule has 1 N–H and O–H groups in total. The van der Waals surface area contributed by atoms with Gasteiger partial charge in [-0.2, -0.15) is 0 Å². The predicted octanol–water partition coefficient (Wildman–Crippen LogP) is 12.1. The number of rotatable bonds is 8. The summed E-state index contributed by atoms with van der Waals surface area (Å²) in [7, 11) is -3.50. The lowest BCUT2D eigenvalue weighted by molar-refractivity contribution is 0.598. The van der Waals surface area contributed by atoms with Crippen LogP contribution in [0.25, 0.3) is 0 Å². The lowest BCUT2D eigenvalue weighted by atomic mass is 10.0. The van der Waals surface area contributed by atoms with Gasteiger partial charge in [0.2, 0.25) is 0 Å². The van der Waals surface area contributed by atoms with E-state index in [4.69, 9.17) is 11.6 Å². The van der Waals surface area contributed by atoms with Crippen LogP contribution >= 0.6 is 11.6 Å². The van der Waals surface area contributed by atoms with E-state index in [9.17, 15) is 12.8 Å². The van der Waals surface area contributed by atoms with Gasteiger partial charge in [0.15, 0.2) is 0 Å². The van der Waals surface area contributed by atoms with Crippen LogP contribution in [-0.4, -0.2) is 8.42 Å². The third kappa shape index (κ3) is 18.6. The molecule has 3 aromatic rings. The van der Waals surface area contributed by atoms with Crippen LogP contribution in [0.3, 0.4) is 0 Å². The molecule has 3 aromatic carbocycles. The third-order valence-corrected chi connectivity index (χ3v) is 7.38. The Balaban J connectivity index is 0. The number of para-hydroxylation sites is 1. The molecule has 0 aliphatic heterocycles. The molecule has 0 saturated heterocycles. The first-order valence-corrected chi connectivity index (χ1v) is 16.9. The maximum Gasteiger partial charge on any atom is 0.261 e. The zero-order valence-electron chi connectivity index (χ0n) is 27.2. The van der Waals surface area contributed by atoms with Gasteiger partial charge >= 0.3 is 0 Å². The quantitative estimate of drug-likeness (QED) is 0.259. The highest BCUT2D eigenvalue weighted by atomic mass is 35.5. The van der Waals surface area contributed by atoms with E-state index in [1.54, 1.807) is 48.5 Å². The molecule has 0 radical (unpaired) electrons. The minimum absolute atomic E-state index is 0.215. The van der Waals surface area contributed by atoms with Crippen LogP contribution in [0.2, 0.25) is 5.02 Å². The Morgan fingerprint density at radius 2 is 1.29 bits per heavy atom. The van der Waals surface area contributed by atoms with Crippen LogP contribution in [0, 0.1) is 19.7 Å². The van der Waals surface area contributed by atoms with Crippen molar-refractivity contribution in [2.24, 2.45) is 0 Å². The second kappa shape index (κ2) is 24.2. The molecule has 0 aliphatic rings. The zero-order valence-corrected chi connectivity index (χ0v) is 28.7. The van der Waals surface area contributed by atoms with Gasteiger partial charge in [0.25, 0.3) is 10.0 Å². The van der Waals surface area contributed by atoms with E-state index in [0.717, 1.165) is 16.7 Å². The summed E-state index contributed by atoms with van der Waals surface area (Å²) in [6, 6.07) is 18.9. The van der Waals surface area contributed by atoms with Crippen molar-refractivity contribution < 1.29 is 12.8 Å². The van der Waals surface area contributed by atoms with E-state index in [1.165, 1.54) is 44.6 Å². The largest absolute Gasteiger partial charge is 0.279 e. The van der Waals surface area contributed by atoms with Crippen LogP contribution in [-0.2, 0) is 10.0 Å². The standard InChI is InChI=1S/C14H15NO2S.C9H10ClF.C6H14.C4H10.C2H6/c1-11-7-9-13(10-8-11)18(16,17)15-14-6-4-3-5-12(14)2;1-6(2)8-4-3-7(10)5-9(8)11;1-3-5-6-4-2;1-3-4-2;1-2/h3-10,15H,1-2H3;3-6H,1-2H3;3-6H2,1-2H3;3-4H2,1-2H3;1-2H3. The first-order chi connectivity index (χ1) is 19.4. The molecule has 232 valence electrons. The maximum atomic E-state index is 13.0. The molecule has 3 nitrogen and oxygen atoms in total. The van der Waals surface area contributed by atoms with E-state index < -0.39 is 10.0 Å². The molecule has 3 rings (SSSR count). The summed E-state index contributed by atoms with van der Waals surface area (Å²) in [6.45, 7) is 20.5. The summed E-state index contributed by atoms with van der Waals surface area (Å²) in [5, 5.41) is 0.451. The highest BCUT2D eigenvalue weighted by molar-refractivity contribution is 7.92. The average molecular weight is 608 g/mol. The SMILES string of the molecule is CC.CC(C)c1ccc(Cl)cc1F.CCCC.CCCCCC.Cc1ccc(S(=O)(=O)Nc2ccccc2C)cc1. The second-order valence-electron chi connectivity index (χ2n) is 9.76. The van der Waals surface area contributed by atoms with Gasteiger partial charge in [0.05, 0.1) is 10.6 Å². The van der Waals surface area contributed by atoms with Crippen molar-refractivity contribution in [1.82, 2.24) is 0 Å². The highest BCUT2D eigenvalue weighted by Crippen LogP contribution is 2.21. The van der Waals surface area contributed by atoms with Gasteiger partial charge in [-0.05, 0) is 61.2 Å². The average Bonchev–Trinajstić information content (AvgIpc) is 2.95. The number of halogens is 2. The third-order valence-electron chi connectivity index (χ3n) is 5.76. The number of aryl methyl sites for hydroxylation is 2. The molecule has 6 heteroatoms. The maximum absolute atomic E-state index is 13.0. The van der Waals surface area contributed by atoms with Gasteiger partial charge in [0, 0.05) is 5.02 Å². The molecule has 41 heavy (non-hydrogen) atoms. The molecule has 0 amide bonds. The van der Waals surface area contributed by atoms with Crippen molar-refractivity contribution in [2.45, 2.75) is 119 Å². The molecule has 0 unspecified atom stereocenters. The van der Waals surface area contributed by atoms with Crippen LogP contribution in [0.4, 0.5) is 10.1 Å². The minimum atomic E-state index is -3.50. The molecule has 0 atom stereocenters. The van der Waals surface area contributed by atoms with Crippen molar-refractivity contribution in [1.29, 1.82) is 0 Å². The highest BCUT2D eigenvalue weighted by Gasteiger charge is 2.14. The summed E-state index contributed by atoms with van der Waals surface area (Å²) < 4.78 is 39.9. The Bertz CT molecular complexity index is 1160. The number of hydrogen-bond acceptors (Lipinski definition) is 2. The summed E-state index contributed by atoms with van der Waals surface area (Å²) in [5.41, 5.74) is 3.26. The fourth-order valence-electron chi connectivity index (χ4n) is 3.08. The monoisotopic (exact) mass is 607 g/mol. The Kier molecular flexibility index (Phi) is 24.1. The summed E-state index contributed by atoms with van der Waals surface area (Å²) >= 11 is 5.58. The van der Waals surface area contributed by atoms with Gasteiger partial charge in [-0.3, -0.25) is 4.72 Å². The second-order valence-corrected chi connectivity index (χ2v) is 11.9. The number of anilines is 1. The topological polar surface area (TPSA) is 46.2 Å². The van der Waals surface area contributed by atoms with Gasteiger partial charge in [-0.25, -0.2) is 12.8 Å².